The van der Waals surface area contributed by atoms with Gasteiger partial charge in [-0.3, -0.25) is 0 Å². The molecule has 48 heavy (non-hydrogen) atoms. The fraction of sp³-hybridized carbons (Fsp3) is 0.474. The van der Waals surface area contributed by atoms with Gasteiger partial charge in [0.1, 0.15) is 30.4 Å². The van der Waals surface area contributed by atoms with Gasteiger partial charge in [-0.05, 0) is 72.7 Å². The highest BCUT2D eigenvalue weighted by Crippen LogP contribution is 2.46. The van der Waals surface area contributed by atoms with Crippen LogP contribution in [-0.4, -0.2) is 65.0 Å². The van der Waals surface area contributed by atoms with E-state index in [1.54, 1.807) is 36.4 Å². The predicted octanol–water partition coefficient (Wildman–Crippen LogP) is 9.37. The molecule has 0 bridgehead atoms. The zero-order chi connectivity index (χ0) is 35.3. The number of carbonyl (C=O) groups is 2. The normalized spacial score (nSPS) is 21.0. The van der Waals surface area contributed by atoms with E-state index in [1.165, 1.54) is 11.8 Å². The van der Waals surface area contributed by atoms with E-state index in [9.17, 15) is 9.59 Å². The Hall–Kier alpha value is -2.74. The van der Waals surface area contributed by atoms with E-state index in [1.807, 2.05) is 54.6 Å². The summed E-state index contributed by atoms with van der Waals surface area (Å²) >= 11 is 1.48. The first-order chi connectivity index (χ1) is 22.4. The van der Waals surface area contributed by atoms with Crippen molar-refractivity contribution in [2.24, 2.45) is 0 Å². The molecule has 0 aliphatic carbocycles. The number of esters is 2. The molecule has 4 rings (SSSR count). The summed E-state index contributed by atoms with van der Waals surface area (Å²) < 4.78 is 33.5. The lowest BCUT2D eigenvalue weighted by Crippen LogP contribution is -2.55. The summed E-state index contributed by atoms with van der Waals surface area (Å²) in [7, 11) is -4.92. The van der Waals surface area contributed by atoms with E-state index >= 15 is 0 Å². The van der Waals surface area contributed by atoms with Gasteiger partial charge < -0.3 is 23.1 Å². The zero-order valence-corrected chi connectivity index (χ0v) is 32.8. The molecular weight excluding hydrogens is 657 g/mol. The summed E-state index contributed by atoms with van der Waals surface area (Å²) in [5, 5.41) is -0.286. The number of benzene rings is 3. The summed E-state index contributed by atoms with van der Waals surface area (Å²) in [4.78, 5) is 27.9. The molecular formula is C38H52O7SSi2. The van der Waals surface area contributed by atoms with Crippen molar-refractivity contribution in [1.82, 2.24) is 0 Å². The highest BCUT2D eigenvalue weighted by molar-refractivity contribution is 7.99. The first kappa shape index (κ1) is 38.1. The summed E-state index contributed by atoms with van der Waals surface area (Å²) in [6.07, 6.45) is -2.86. The van der Waals surface area contributed by atoms with E-state index in [-0.39, 0.29) is 16.7 Å². The second kappa shape index (κ2) is 15.4. The van der Waals surface area contributed by atoms with Crippen molar-refractivity contribution < 1.29 is 32.7 Å². The van der Waals surface area contributed by atoms with Crippen LogP contribution in [0, 0.1) is 0 Å². The van der Waals surface area contributed by atoms with Crippen LogP contribution in [-0.2, 0) is 23.1 Å². The molecule has 0 radical (unpaired) electrons. The minimum absolute atomic E-state index is 0.0512. The second-order valence-corrected chi connectivity index (χ2v) is 26.0. The van der Waals surface area contributed by atoms with Crippen LogP contribution in [0.15, 0.2) is 95.9 Å². The first-order valence-electron chi connectivity index (χ1n) is 16.6. The third-order valence-electron chi connectivity index (χ3n) is 9.70. The number of thioether (sulfide) groups is 1. The lowest BCUT2D eigenvalue weighted by atomic mass is 10.1. The maximum Gasteiger partial charge on any atom is 0.338 e. The molecule has 1 heterocycles. The van der Waals surface area contributed by atoms with Crippen molar-refractivity contribution in [1.29, 1.82) is 0 Å². The van der Waals surface area contributed by atoms with Crippen LogP contribution >= 0.6 is 11.8 Å². The van der Waals surface area contributed by atoms with Crippen LogP contribution in [0.2, 0.25) is 36.3 Å². The predicted molar refractivity (Wildman–Crippen MR) is 197 cm³/mol. The van der Waals surface area contributed by atoms with Crippen molar-refractivity contribution in [3.8, 4) is 0 Å². The third-order valence-corrected chi connectivity index (χ3v) is 19.8. The molecule has 260 valence electrons. The summed E-state index contributed by atoms with van der Waals surface area (Å²) in [6, 6.07) is 27.8. The van der Waals surface area contributed by atoms with Crippen molar-refractivity contribution in [3.63, 3.8) is 0 Å². The average molecular weight is 709 g/mol. The smallest absolute Gasteiger partial charge is 0.338 e. The lowest BCUT2D eigenvalue weighted by Gasteiger charge is -2.43. The van der Waals surface area contributed by atoms with Gasteiger partial charge >= 0.3 is 11.9 Å². The Morgan fingerprint density at radius 3 is 1.69 bits per heavy atom. The highest BCUT2D eigenvalue weighted by Gasteiger charge is 2.56. The Kier molecular flexibility index (Phi) is 12.2. The van der Waals surface area contributed by atoms with Crippen molar-refractivity contribution in [3.05, 3.63) is 102 Å². The Morgan fingerprint density at radius 2 is 1.19 bits per heavy atom. The molecule has 0 unspecified atom stereocenters. The van der Waals surface area contributed by atoms with Gasteiger partial charge in [0.25, 0.3) is 0 Å². The number of carbonyl (C=O) groups excluding carboxylic acids is 2. The largest absolute Gasteiger partial charge is 0.459 e. The molecule has 7 nitrogen and oxygen atoms in total. The minimum Gasteiger partial charge on any atom is -0.459 e. The quantitative estimate of drug-likeness (QED) is 0.136. The summed E-state index contributed by atoms with van der Waals surface area (Å²) in [6.45, 7) is 21.7. The van der Waals surface area contributed by atoms with Crippen LogP contribution in [0.3, 0.4) is 0 Å². The molecule has 0 N–H and O–H groups in total. The molecule has 0 spiro atoms. The minimum atomic E-state index is -2.48. The van der Waals surface area contributed by atoms with Crippen molar-refractivity contribution in [2.75, 3.05) is 6.61 Å². The average Bonchev–Trinajstić information content (AvgIpc) is 3.34. The number of rotatable bonds is 12. The Bertz CT molecular complexity index is 1490. The number of hydrogen-bond donors (Lipinski definition) is 0. The second-order valence-electron chi connectivity index (χ2n) is 15.4. The van der Waals surface area contributed by atoms with Gasteiger partial charge in [-0.15, -0.1) is 0 Å². The van der Waals surface area contributed by atoms with E-state index in [0.29, 0.717) is 11.1 Å². The summed E-state index contributed by atoms with van der Waals surface area (Å²) in [5.41, 5.74) is 0.286. The fourth-order valence-corrected chi connectivity index (χ4v) is 8.51. The fourth-order valence-electron chi connectivity index (χ4n) is 4.78. The van der Waals surface area contributed by atoms with Crippen LogP contribution in [0.25, 0.3) is 0 Å². The molecule has 1 saturated heterocycles. The van der Waals surface area contributed by atoms with Crippen LogP contribution < -0.4 is 0 Å². The van der Waals surface area contributed by atoms with E-state index < -0.39 is 58.4 Å². The summed E-state index contributed by atoms with van der Waals surface area (Å²) in [5.74, 6) is -0.897. The molecule has 0 amide bonds. The monoisotopic (exact) mass is 708 g/mol. The highest BCUT2D eigenvalue weighted by atomic mass is 32.2. The Balaban J connectivity index is 1.79. The SMILES string of the molecule is CC(C)(C)[Si](C)(C)O[C@H]1[C@H]([C@@H](COC(=O)c2ccccc2)O[Si](C)(C)C(C)(C)C)O[C@@H](Sc2ccccc2)[C@@H]1OC(=O)c1ccccc1. The molecule has 1 aliphatic heterocycles. The van der Waals surface area contributed by atoms with Crippen LogP contribution in [0.1, 0.15) is 62.3 Å². The molecule has 1 aliphatic rings. The number of hydrogen-bond acceptors (Lipinski definition) is 8. The zero-order valence-electron chi connectivity index (χ0n) is 30.0. The first-order valence-corrected chi connectivity index (χ1v) is 23.3. The van der Waals surface area contributed by atoms with Gasteiger partial charge in [-0.2, -0.15) is 0 Å². The standard InChI is InChI=1S/C38H52O7SSi2/c1-37(2,3)47(7,8)44-30(26-41-34(39)27-20-14-11-15-21-27)31-32(45-48(9,10)38(4,5)6)33(42-35(40)28-22-16-12-17-23-28)36(43-31)46-29-24-18-13-19-25-29/h11-25,30-33,36H,26H2,1-10H3/t30-,31+,32+,33-,36+/m1/s1. The Labute approximate surface area is 293 Å². The van der Waals surface area contributed by atoms with Crippen LogP contribution in [0.4, 0.5) is 0 Å². The molecule has 3 aromatic rings. The Morgan fingerprint density at radius 1 is 0.708 bits per heavy atom. The third kappa shape index (κ3) is 9.48. The maximum atomic E-state index is 13.7. The molecule has 0 saturated carbocycles. The van der Waals surface area contributed by atoms with Gasteiger partial charge in [0.05, 0.1) is 11.1 Å². The van der Waals surface area contributed by atoms with Gasteiger partial charge in [0.15, 0.2) is 22.7 Å². The molecule has 10 heteroatoms. The van der Waals surface area contributed by atoms with Crippen molar-refractivity contribution >= 4 is 40.3 Å². The van der Waals surface area contributed by atoms with Crippen LogP contribution in [0.5, 0.6) is 0 Å². The van der Waals surface area contributed by atoms with E-state index in [2.05, 4.69) is 67.7 Å². The van der Waals surface area contributed by atoms with Gasteiger partial charge in [0, 0.05) is 4.90 Å². The molecule has 5 atom stereocenters. The molecule has 3 aromatic carbocycles. The molecule has 0 aromatic heterocycles. The van der Waals surface area contributed by atoms with E-state index in [0.717, 1.165) is 4.90 Å². The lowest BCUT2D eigenvalue weighted by molar-refractivity contribution is -0.0668. The van der Waals surface area contributed by atoms with Gasteiger partial charge in [0.2, 0.25) is 0 Å². The van der Waals surface area contributed by atoms with Crippen molar-refractivity contribution in [2.45, 2.75) is 113 Å². The molecule has 1 fully saturated rings. The topological polar surface area (TPSA) is 80.3 Å². The van der Waals surface area contributed by atoms with E-state index in [4.69, 9.17) is 23.1 Å². The van der Waals surface area contributed by atoms with Gasteiger partial charge in [-0.1, -0.05) is 108 Å². The maximum absolute atomic E-state index is 13.7. The van der Waals surface area contributed by atoms with Gasteiger partial charge in [-0.25, -0.2) is 9.59 Å². The number of ether oxygens (including phenoxy) is 3.